The normalized spacial score (nSPS) is 53.4. The standard InChI is InChI=1S/C13H23NOS/c1-8-6-10(7-9(8)2)12-13(15-12)14-5-3-4-11(14)16/h8-13,16H,3-7H2,1-2H3. The molecule has 1 saturated carbocycles. The van der Waals surface area contributed by atoms with Crippen molar-refractivity contribution in [3.8, 4) is 0 Å². The van der Waals surface area contributed by atoms with E-state index in [0.29, 0.717) is 17.7 Å². The lowest BCUT2D eigenvalue weighted by molar-refractivity contribution is 0.197. The van der Waals surface area contributed by atoms with Crippen molar-refractivity contribution in [1.29, 1.82) is 0 Å². The highest BCUT2D eigenvalue weighted by molar-refractivity contribution is 7.80. The number of hydrogen-bond donors (Lipinski definition) is 1. The van der Waals surface area contributed by atoms with Crippen molar-refractivity contribution in [2.45, 2.75) is 57.2 Å². The second-order valence-electron chi connectivity index (χ2n) is 6.04. The molecule has 1 aliphatic carbocycles. The Bertz CT molecular complexity index is 263. The smallest absolute Gasteiger partial charge is 0.138 e. The van der Waals surface area contributed by atoms with Gasteiger partial charge in [-0.15, -0.1) is 0 Å². The zero-order valence-electron chi connectivity index (χ0n) is 10.3. The van der Waals surface area contributed by atoms with Crippen LogP contribution in [0.1, 0.15) is 39.5 Å². The molecular weight excluding hydrogens is 218 g/mol. The Morgan fingerprint density at radius 1 is 1.19 bits per heavy atom. The van der Waals surface area contributed by atoms with Crippen molar-refractivity contribution >= 4 is 12.6 Å². The summed E-state index contributed by atoms with van der Waals surface area (Å²) in [6, 6.07) is 0. The highest BCUT2D eigenvalue weighted by atomic mass is 32.1. The predicted molar refractivity (Wildman–Crippen MR) is 68.4 cm³/mol. The lowest BCUT2D eigenvalue weighted by atomic mass is 10.0. The molecule has 2 aliphatic heterocycles. The number of likely N-dealkylation sites (tertiary alicyclic amines) is 1. The van der Waals surface area contributed by atoms with Gasteiger partial charge in [-0.25, -0.2) is 0 Å². The average Bonchev–Trinajstić information content (AvgIpc) is 2.81. The zero-order valence-corrected chi connectivity index (χ0v) is 11.2. The van der Waals surface area contributed by atoms with Crippen LogP contribution in [0.25, 0.3) is 0 Å². The van der Waals surface area contributed by atoms with E-state index < -0.39 is 0 Å². The molecule has 2 saturated heterocycles. The average molecular weight is 241 g/mol. The maximum Gasteiger partial charge on any atom is 0.138 e. The first kappa shape index (κ1) is 11.4. The molecule has 0 amide bonds. The van der Waals surface area contributed by atoms with Gasteiger partial charge < -0.3 is 4.74 Å². The maximum absolute atomic E-state index is 5.93. The van der Waals surface area contributed by atoms with E-state index in [1.165, 1.54) is 32.2 Å². The van der Waals surface area contributed by atoms with Crippen LogP contribution < -0.4 is 0 Å². The van der Waals surface area contributed by atoms with E-state index in [-0.39, 0.29) is 0 Å². The van der Waals surface area contributed by atoms with Crippen molar-refractivity contribution in [2.24, 2.45) is 17.8 Å². The first-order chi connectivity index (χ1) is 7.66. The largest absolute Gasteiger partial charge is 0.353 e. The summed E-state index contributed by atoms with van der Waals surface area (Å²) < 4.78 is 5.93. The van der Waals surface area contributed by atoms with Crippen LogP contribution in [0.2, 0.25) is 0 Å². The molecule has 2 heterocycles. The first-order valence-corrected chi connectivity index (χ1v) is 7.27. The van der Waals surface area contributed by atoms with Crippen LogP contribution in [0.3, 0.4) is 0 Å². The third-order valence-electron chi connectivity index (χ3n) is 4.87. The van der Waals surface area contributed by atoms with E-state index in [1.807, 2.05) is 0 Å². The molecule has 2 nitrogen and oxygen atoms in total. The highest BCUT2D eigenvalue weighted by Crippen LogP contribution is 2.46. The summed E-state index contributed by atoms with van der Waals surface area (Å²) in [7, 11) is 0. The van der Waals surface area contributed by atoms with Gasteiger partial charge in [-0.1, -0.05) is 13.8 Å². The molecule has 3 rings (SSSR count). The minimum absolute atomic E-state index is 0.410. The molecule has 3 aliphatic rings. The van der Waals surface area contributed by atoms with Gasteiger partial charge in [-0.3, -0.25) is 4.90 Å². The Hall–Kier alpha value is 0.270. The molecule has 3 fully saturated rings. The zero-order chi connectivity index (χ0) is 11.3. The molecular formula is C13H23NOS. The van der Waals surface area contributed by atoms with Crippen molar-refractivity contribution in [3.05, 3.63) is 0 Å². The molecule has 3 heteroatoms. The van der Waals surface area contributed by atoms with Gasteiger partial charge >= 0.3 is 0 Å². The number of hydrogen-bond acceptors (Lipinski definition) is 3. The van der Waals surface area contributed by atoms with E-state index in [4.69, 9.17) is 4.74 Å². The molecule has 16 heavy (non-hydrogen) atoms. The topological polar surface area (TPSA) is 15.8 Å². The summed E-state index contributed by atoms with van der Waals surface area (Å²) in [4.78, 5) is 2.46. The Morgan fingerprint density at radius 2 is 1.88 bits per heavy atom. The second-order valence-corrected chi connectivity index (χ2v) is 6.63. The van der Waals surface area contributed by atoms with Crippen molar-refractivity contribution < 1.29 is 4.74 Å². The lowest BCUT2D eigenvalue weighted by Crippen LogP contribution is -2.31. The molecule has 0 aromatic carbocycles. The first-order valence-electron chi connectivity index (χ1n) is 6.76. The van der Waals surface area contributed by atoms with Crippen molar-refractivity contribution in [1.82, 2.24) is 4.90 Å². The molecule has 0 aromatic rings. The minimum atomic E-state index is 0.410. The van der Waals surface area contributed by atoms with Crippen LogP contribution in [0.15, 0.2) is 0 Å². The quantitative estimate of drug-likeness (QED) is 0.591. The molecule has 92 valence electrons. The molecule has 0 spiro atoms. The monoisotopic (exact) mass is 241 g/mol. The summed E-state index contributed by atoms with van der Waals surface area (Å²) in [5, 5.41) is 0.450. The van der Waals surface area contributed by atoms with Gasteiger partial charge in [0.15, 0.2) is 0 Å². The van der Waals surface area contributed by atoms with Crippen LogP contribution in [-0.4, -0.2) is 29.2 Å². The van der Waals surface area contributed by atoms with Gasteiger partial charge in [0, 0.05) is 6.54 Å². The highest BCUT2D eigenvalue weighted by Gasteiger charge is 2.52. The van der Waals surface area contributed by atoms with Crippen LogP contribution in [-0.2, 0) is 4.74 Å². The second kappa shape index (κ2) is 4.18. The maximum atomic E-state index is 5.93. The molecule has 0 bridgehead atoms. The summed E-state index contributed by atoms with van der Waals surface area (Å²) in [6.07, 6.45) is 6.19. The van der Waals surface area contributed by atoms with Gasteiger partial charge in [-0.2, -0.15) is 12.6 Å². The Labute approximate surface area is 104 Å². The van der Waals surface area contributed by atoms with Crippen molar-refractivity contribution in [2.75, 3.05) is 6.54 Å². The summed E-state index contributed by atoms with van der Waals surface area (Å²) in [5.41, 5.74) is 0. The molecule has 0 radical (unpaired) electrons. The van der Waals surface area contributed by atoms with E-state index in [2.05, 4.69) is 31.4 Å². The fourth-order valence-electron chi connectivity index (χ4n) is 3.58. The van der Waals surface area contributed by atoms with Gasteiger partial charge in [-0.05, 0) is 43.4 Å². The van der Waals surface area contributed by atoms with Crippen molar-refractivity contribution in [3.63, 3.8) is 0 Å². The van der Waals surface area contributed by atoms with E-state index in [9.17, 15) is 0 Å². The molecule has 5 atom stereocenters. The fraction of sp³-hybridized carbons (Fsp3) is 1.00. The number of nitrogens with zero attached hydrogens (tertiary/aromatic N) is 1. The Morgan fingerprint density at radius 3 is 2.44 bits per heavy atom. The van der Waals surface area contributed by atoms with Gasteiger partial charge in [0.25, 0.3) is 0 Å². The van der Waals surface area contributed by atoms with Gasteiger partial charge in [0.2, 0.25) is 0 Å². The minimum Gasteiger partial charge on any atom is -0.353 e. The van der Waals surface area contributed by atoms with Gasteiger partial charge in [0.05, 0.1) is 5.37 Å². The van der Waals surface area contributed by atoms with Crippen LogP contribution in [0, 0.1) is 17.8 Å². The van der Waals surface area contributed by atoms with E-state index in [1.54, 1.807) is 0 Å². The number of rotatable bonds is 2. The number of thiol groups is 1. The number of ether oxygens (including phenoxy) is 1. The predicted octanol–water partition coefficient (Wildman–Crippen LogP) is 2.75. The third-order valence-corrected chi connectivity index (χ3v) is 5.43. The summed E-state index contributed by atoms with van der Waals surface area (Å²) in [5.74, 6) is 2.59. The van der Waals surface area contributed by atoms with E-state index in [0.717, 1.165) is 17.8 Å². The lowest BCUT2D eigenvalue weighted by Gasteiger charge is -2.18. The van der Waals surface area contributed by atoms with Crippen LogP contribution in [0.4, 0.5) is 0 Å². The van der Waals surface area contributed by atoms with Crippen LogP contribution >= 0.6 is 12.6 Å². The Kier molecular flexibility index (Phi) is 2.97. The SMILES string of the molecule is CC1CC(C2OC2N2CCCC2S)CC1C. The molecule has 5 unspecified atom stereocenters. The number of epoxide rings is 1. The summed E-state index contributed by atoms with van der Waals surface area (Å²) in [6.45, 7) is 5.96. The fourth-order valence-corrected chi connectivity index (χ4v) is 4.01. The van der Waals surface area contributed by atoms with Crippen LogP contribution in [0.5, 0.6) is 0 Å². The molecule has 0 aromatic heterocycles. The van der Waals surface area contributed by atoms with Gasteiger partial charge in [0.1, 0.15) is 12.3 Å². The molecule has 0 N–H and O–H groups in total. The Balaban J connectivity index is 1.56. The summed E-state index contributed by atoms with van der Waals surface area (Å²) >= 11 is 4.63. The third kappa shape index (κ3) is 1.91. The van der Waals surface area contributed by atoms with E-state index >= 15 is 0 Å².